The molecule has 1 aliphatic heterocycles. The number of oxime groups is 1. The van der Waals surface area contributed by atoms with Gasteiger partial charge in [-0.2, -0.15) is 0 Å². The molecule has 1 unspecified atom stereocenters. The van der Waals surface area contributed by atoms with Crippen LogP contribution in [0.5, 0.6) is 11.5 Å². The average Bonchev–Trinajstić information content (AvgIpc) is 2.90. The second-order valence-electron chi connectivity index (χ2n) is 4.86. The van der Waals surface area contributed by atoms with Crippen molar-refractivity contribution >= 4 is 5.71 Å². The van der Waals surface area contributed by atoms with E-state index in [0.29, 0.717) is 6.42 Å². The molecule has 0 radical (unpaired) electrons. The van der Waals surface area contributed by atoms with Gasteiger partial charge in [0.15, 0.2) is 0 Å². The van der Waals surface area contributed by atoms with Crippen LogP contribution in [-0.4, -0.2) is 22.0 Å². The molecule has 3 rings (SSSR count). The molecule has 4 heteroatoms. The van der Waals surface area contributed by atoms with Crippen LogP contribution in [0, 0.1) is 0 Å². The smallest absolute Gasteiger partial charge is 0.137 e. The Balaban J connectivity index is 1.67. The maximum atomic E-state index is 9.81. The van der Waals surface area contributed by atoms with Gasteiger partial charge in [-0.1, -0.05) is 29.4 Å². The summed E-state index contributed by atoms with van der Waals surface area (Å²) in [6, 6.07) is 14.2. The molecule has 0 bridgehead atoms. The van der Waals surface area contributed by atoms with Gasteiger partial charge in [-0.15, -0.1) is 0 Å². The zero-order valence-corrected chi connectivity index (χ0v) is 10.9. The summed E-state index contributed by atoms with van der Waals surface area (Å²) in [6.45, 7) is 0. The van der Waals surface area contributed by atoms with E-state index in [0.717, 1.165) is 23.3 Å². The normalized spacial score (nSPS) is 17.6. The first-order valence-electron chi connectivity index (χ1n) is 6.51. The number of rotatable bonds is 3. The number of benzene rings is 2. The SMILES string of the molecule is Oc1ccc(CC2CC(c3ccccc3O)=NO2)cc1. The summed E-state index contributed by atoms with van der Waals surface area (Å²) in [7, 11) is 0. The molecule has 0 saturated heterocycles. The van der Waals surface area contributed by atoms with Crippen molar-refractivity contribution in [1.29, 1.82) is 0 Å². The zero-order chi connectivity index (χ0) is 13.9. The van der Waals surface area contributed by atoms with Gasteiger partial charge in [0, 0.05) is 18.4 Å². The molecule has 2 aromatic carbocycles. The fraction of sp³-hybridized carbons (Fsp3) is 0.188. The molecule has 4 nitrogen and oxygen atoms in total. The van der Waals surface area contributed by atoms with Crippen molar-refractivity contribution in [3.05, 3.63) is 59.7 Å². The third kappa shape index (κ3) is 2.59. The number of para-hydroxylation sites is 1. The van der Waals surface area contributed by atoms with Crippen LogP contribution in [0.25, 0.3) is 0 Å². The summed E-state index contributed by atoms with van der Waals surface area (Å²) in [5.41, 5.74) is 2.58. The molecule has 0 aliphatic carbocycles. The van der Waals surface area contributed by atoms with Crippen molar-refractivity contribution in [3.8, 4) is 11.5 Å². The molecular formula is C16H15NO3. The largest absolute Gasteiger partial charge is 0.508 e. The Hall–Kier alpha value is -2.49. The maximum absolute atomic E-state index is 9.81. The van der Waals surface area contributed by atoms with Crippen molar-refractivity contribution in [1.82, 2.24) is 0 Å². The van der Waals surface area contributed by atoms with Crippen LogP contribution < -0.4 is 0 Å². The molecule has 1 heterocycles. The van der Waals surface area contributed by atoms with E-state index >= 15 is 0 Å². The summed E-state index contributed by atoms with van der Waals surface area (Å²) in [5.74, 6) is 0.479. The number of phenolic OH excluding ortho intramolecular Hbond substituents is 2. The fourth-order valence-corrected chi connectivity index (χ4v) is 2.31. The Kier molecular flexibility index (Phi) is 3.29. The van der Waals surface area contributed by atoms with Crippen molar-refractivity contribution < 1.29 is 15.1 Å². The number of hydrogen-bond acceptors (Lipinski definition) is 4. The Morgan fingerprint density at radius 2 is 1.80 bits per heavy atom. The third-order valence-electron chi connectivity index (χ3n) is 3.35. The van der Waals surface area contributed by atoms with E-state index < -0.39 is 0 Å². The summed E-state index contributed by atoms with van der Waals surface area (Å²) in [4.78, 5) is 5.42. The van der Waals surface area contributed by atoms with Crippen LogP contribution in [0.3, 0.4) is 0 Å². The highest BCUT2D eigenvalue weighted by atomic mass is 16.6. The van der Waals surface area contributed by atoms with Gasteiger partial charge in [0.2, 0.25) is 0 Å². The topological polar surface area (TPSA) is 62.0 Å². The second kappa shape index (κ2) is 5.25. The lowest BCUT2D eigenvalue weighted by molar-refractivity contribution is 0.0859. The van der Waals surface area contributed by atoms with E-state index in [1.54, 1.807) is 24.3 Å². The molecule has 1 aliphatic rings. The maximum Gasteiger partial charge on any atom is 0.137 e. The van der Waals surface area contributed by atoms with Crippen LogP contribution in [0.2, 0.25) is 0 Å². The van der Waals surface area contributed by atoms with Gasteiger partial charge in [0.1, 0.15) is 17.6 Å². The highest BCUT2D eigenvalue weighted by molar-refractivity contribution is 6.03. The van der Waals surface area contributed by atoms with Crippen molar-refractivity contribution in [2.45, 2.75) is 18.9 Å². The molecule has 2 N–H and O–H groups in total. The number of phenols is 2. The first kappa shape index (κ1) is 12.5. The fourth-order valence-electron chi connectivity index (χ4n) is 2.31. The summed E-state index contributed by atoms with van der Waals surface area (Å²) >= 11 is 0. The number of nitrogens with zero attached hydrogens (tertiary/aromatic N) is 1. The highest BCUT2D eigenvalue weighted by Gasteiger charge is 2.23. The Morgan fingerprint density at radius 1 is 1.05 bits per heavy atom. The van der Waals surface area contributed by atoms with E-state index in [-0.39, 0.29) is 17.6 Å². The van der Waals surface area contributed by atoms with E-state index in [9.17, 15) is 10.2 Å². The van der Waals surface area contributed by atoms with E-state index in [4.69, 9.17) is 4.84 Å². The molecule has 0 amide bonds. The number of hydrogen-bond donors (Lipinski definition) is 2. The summed E-state index contributed by atoms with van der Waals surface area (Å²) in [5, 5.41) is 23.1. The molecule has 0 fully saturated rings. The lowest BCUT2D eigenvalue weighted by Gasteiger charge is -2.08. The van der Waals surface area contributed by atoms with Gasteiger partial charge in [-0.05, 0) is 29.8 Å². The van der Waals surface area contributed by atoms with E-state index in [1.807, 2.05) is 24.3 Å². The third-order valence-corrected chi connectivity index (χ3v) is 3.35. The molecule has 102 valence electrons. The van der Waals surface area contributed by atoms with E-state index in [1.165, 1.54) is 0 Å². The Labute approximate surface area is 116 Å². The van der Waals surface area contributed by atoms with Crippen LogP contribution >= 0.6 is 0 Å². The monoisotopic (exact) mass is 269 g/mol. The predicted molar refractivity (Wildman–Crippen MR) is 75.9 cm³/mol. The lowest BCUT2D eigenvalue weighted by Crippen LogP contribution is -2.11. The van der Waals surface area contributed by atoms with Gasteiger partial charge in [0.25, 0.3) is 0 Å². The standard InChI is InChI=1S/C16H15NO3/c18-12-7-5-11(6-8-12)9-13-10-15(17-20-13)14-3-1-2-4-16(14)19/h1-8,13,18-19H,9-10H2. The van der Waals surface area contributed by atoms with Crippen LogP contribution in [0.4, 0.5) is 0 Å². The van der Waals surface area contributed by atoms with Gasteiger partial charge < -0.3 is 15.1 Å². The van der Waals surface area contributed by atoms with Crippen LogP contribution in [0.1, 0.15) is 17.5 Å². The summed E-state index contributed by atoms with van der Waals surface area (Å²) < 4.78 is 0. The zero-order valence-electron chi connectivity index (χ0n) is 10.9. The molecule has 0 saturated carbocycles. The molecule has 0 spiro atoms. The van der Waals surface area contributed by atoms with Crippen LogP contribution in [0.15, 0.2) is 53.7 Å². The van der Waals surface area contributed by atoms with Gasteiger partial charge in [-0.25, -0.2) is 0 Å². The predicted octanol–water partition coefficient (Wildman–Crippen LogP) is 2.83. The minimum Gasteiger partial charge on any atom is -0.508 e. The van der Waals surface area contributed by atoms with Crippen LogP contribution in [-0.2, 0) is 11.3 Å². The Bertz CT molecular complexity index is 634. The van der Waals surface area contributed by atoms with Gasteiger partial charge >= 0.3 is 0 Å². The van der Waals surface area contributed by atoms with Crippen molar-refractivity contribution in [2.24, 2.45) is 5.16 Å². The first-order valence-corrected chi connectivity index (χ1v) is 6.51. The van der Waals surface area contributed by atoms with Crippen molar-refractivity contribution in [2.75, 3.05) is 0 Å². The lowest BCUT2D eigenvalue weighted by atomic mass is 10.00. The molecule has 20 heavy (non-hydrogen) atoms. The second-order valence-corrected chi connectivity index (χ2v) is 4.86. The first-order chi connectivity index (χ1) is 9.72. The quantitative estimate of drug-likeness (QED) is 0.900. The van der Waals surface area contributed by atoms with Crippen molar-refractivity contribution in [3.63, 3.8) is 0 Å². The average molecular weight is 269 g/mol. The minimum absolute atomic E-state index is 0.0332. The molecule has 0 aromatic heterocycles. The van der Waals surface area contributed by atoms with Gasteiger partial charge in [0.05, 0.1) is 5.71 Å². The Morgan fingerprint density at radius 3 is 2.55 bits per heavy atom. The summed E-state index contributed by atoms with van der Waals surface area (Å²) in [6.07, 6.45) is 1.36. The number of aromatic hydroxyl groups is 2. The highest BCUT2D eigenvalue weighted by Crippen LogP contribution is 2.25. The molecule has 1 atom stereocenters. The van der Waals surface area contributed by atoms with Gasteiger partial charge in [-0.3, -0.25) is 0 Å². The minimum atomic E-state index is -0.0332. The van der Waals surface area contributed by atoms with E-state index in [2.05, 4.69) is 5.16 Å². The molecule has 2 aromatic rings. The molecular weight excluding hydrogens is 254 g/mol.